The summed E-state index contributed by atoms with van der Waals surface area (Å²) in [5.74, 6) is 1.08. The first kappa shape index (κ1) is 18.0. The van der Waals surface area contributed by atoms with Crippen LogP contribution in [0.15, 0.2) is 29.4 Å². The Hall–Kier alpha value is -2.06. The van der Waals surface area contributed by atoms with E-state index in [2.05, 4.69) is 25.7 Å². The third-order valence-electron chi connectivity index (χ3n) is 5.64. The summed E-state index contributed by atoms with van der Waals surface area (Å²) in [7, 11) is 0. The van der Waals surface area contributed by atoms with Gasteiger partial charge in [-0.15, -0.1) is 10.2 Å². The van der Waals surface area contributed by atoms with Gasteiger partial charge in [0, 0.05) is 31.4 Å². The summed E-state index contributed by atoms with van der Waals surface area (Å²) in [4.78, 5) is 17.3. The van der Waals surface area contributed by atoms with Crippen LogP contribution in [0.3, 0.4) is 0 Å². The molecule has 7 nitrogen and oxygen atoms in total. The van der Waals surface area contributed by atoms with E-state index in [1.54, 1.807) is 0 Å². The van der Waals surface area contributed by atoms with Crippen LogP contribution in [0.2, 0.25) is 0 Å². The Balaban J connectivity index is 1.34. The number of carbonyl (C=O) groups is 1. The van der Waals surface area contributed by atoms with E-state index in [4.69, 9.17) is 4.74 Å². The fraction of sp³-hybridized carbons (Fsp3) is 0.550. The summed E-state index contributed by atoms with van der Waals surface area (Å²) in [5.41, 5.74) is 2.31. The minimum absolute atomic E-state index is 0.146. The van der Waals surface area contributed by atoms with Gasteiger partial charge < -0.3 is 14.5 Å². The zero-order valence-corrected chi connectivity index (χ0v) is 16.9. The van der Waals surface area contributed by atoms with E-state index >= 15 is 0 Å². The molecule has 8 heteroatoms. The molecule has 2 fully saturated rings. The summed E-state index contributed by atoms with van der Waals surface area (Å²) in [6.45, 7) is 5.88. The molecule has 0 bridgehead atoms. The molecular weight excluding hydrogens is 374 g/mol. The van der Waals surface area contributed by atoms with Gasteiger partial charge in [0.15, 0.2) is 5.16 Å². The number of thioether (sulfide) groups is 1. The minimum atomic E-state index is -0.203. The van der Waals surface area contributed by atoms with Crippen LogP contribution in [-0.2, 0) is 16.0 Å². The number of nitrogens with zero attached hydrogens (tertiary/aromatic N) is 5. The minimum Gasteiger partial charge on any atom is -0.378 e. The van der Waals surface area contributed by atoms with E-state index in [1.165, 1.54) is 17.3 Å². The van der Waals surface area contributed by atoms with Crippen molar-refractivity contribution >= 4 is 29.3 Å². The number of anilines is 2. The molecule has 5 rings (SSSR count). The maximum Gasteiger partial charge on any atom is 0.240 e. The smallest absolute Gasteiger partial charge is 0.240 e. The highest BCUT2D eigenvalue weighted by Crippen LogP contribution is 2.42. The maximum atomic E-state index is 13.1. The topological polar surface area (TPSA) is 63.5 Å². The Bertz CT molecular complexity index is 875. The number of hydrogen-bond donors (Lipinski definition) is 0. The van der Waals surface area contributed by atoms with Crippen molar-refractivity contribution in [2.45, 2.75) is 42.6 Å². The number of rotatable bonds is 5. The summed E-state index contributed by atoms with van der Waals surface area (Å²) in [6, 6.07) is 8.65. The monoisotopic (exact) mass is 399 g/mol. The first-order valence-electron chi connectivity index (χ1n) is 10.1. The van der Waals surface area contributed by atoms with Gasteiger partial charge >= 0.3 is 0 Å². The zero-order chi connectivity index (χ0) is 19.1. The van der Waals surface area contributed by atoms with Crippen molar-refractivity contribution in [1.29, 1.82) is 0 Å². The highest BCUT2D eigenvalue weighted by molar-refractivity contribution is 8.00. The normalized spacial score (nSPS) is 20.3. The Morgan fingerprint density at radius 2 is 1.96 bits per heavy atom. The van der Waals surface area contributed by atoms with Crippen LogP contribution < -0.4 is 9.80 Å². The zero-order valence-electron chi connectivity index (χ0n) is 16.1. The van der Waals surface area contributed by atoms with Gasteiger partial charge in [-0.25, -0.2) is 0 Å². The fourth-order valence-corrected chi connectivity index (χ4v) is 4.95. The largest absolute Gasteiger partial charge is 0.378 e. The van der Waals surface area contributed by atoms with Gasteiger partial charge in [-0.2, -0.15) is 0 Å². The Morgan fingerprint density at radius 3 is 2.75 bits per heavy atom. The standard InChI is InChI=1S/C20H25N5O2S/c1-14(18(26)24-9-8-15-4-2-3-5-17(15)24)28-20-22-21-19(25(20)16-6-7-16)23-10-12-27-13-11-23/h2-5,14,16H,6-13H2,1H3. The Labute approximate surface area is 169 Å². The second kappa shape index (κ2) is 7.40. The average molecular weight is 400 g/mol. The van der Waals surface area contributed by atoms with Crippen LogP contribution >= 0.6 is 11.8 Å². The molecule has 3 aliphatic rings. The predicted octanol–water partition coefficient (Wildman–Crippen LogP) is 2.52. The lowest BCUT2D eigenvalue weighted by atomic mass is 10.2. The summed E-state index contributed by atoms with van der Waals surface area (Å²) in [6.07, 6.45) is 3.24. The SMILES string of the molecule is CC(Sc1nnc(N2CCOCC2)n1C1CC1)C(=O)N1CCc2ccccc21. The lowest BCUT2D eigenvalue weighted by Gasteiger charge is -2.28. The van der Waals surface area contributed by atoms with Crippen molar-refractivity contribution in [3.63, 3.8) is 0 Å². The number of amides is 1. The molecule has 1 unspecified atom stereocenters. The molecule has 0 radical (unpaired) electrons. The van der Waals surface area contributed by atoms with Gasteiger partial charge in [0.1, 0.15) is 0 Å². The van der Waals surface area contributed by atoms with Crippen LogP contribution in [-0.4, -0.2) is 58.8 Å². The highest BCUT2D eigenvalue weighted by Gasteiger charge is 2.34. The fourth-order valence-electron chi connectivity index (χ4n) is 3.98. The second-order valence-corrected chi connectivity index (χ2v) is 8.92. The van der Waals surface area contributed by atoms with Crippen LogP contribution in [0.4, 0.5) is 11.6 Å². The lowest BCUT2D eigenvalue weighted by Crippen LogP contribution is -2.38. The van der Waals surface area contributed by atoms with Gasteiger partial charge in [-0.05, 0) is 37.8 Å². The molecule has 148 valence electrons. The third-order valence-corrected chi connectivity index (χ3v) is 6.68. The molecule has 0 N–H and O–H groups in total. The van der Waals surface area contributed by atoms with Gasteiger partial charge in [0.05, 0.1) is 18.5 Å². The number of para-hydroxylation sites is 1. The Morgan fingerprint density at radius 1 is 1.18 bits per heavy atom. The summed E-state index contributed by atoms with van der Waals surface area (Å²) < 4.78 is 7.72. The van der Waals surface area contributed by atoms with Gasteiger partial charge in [-0.1, -0.05) is 30.0 Å². The van der Waals surface area contributed by atoms with Crippen LogP contribution in [0, 0.1) is 0 Å². The van der Waals surface area contributed by atoms with Crippen molar-refractivity contribution < 1.29 is 9.53 Å². The number of morpholine rings is 1. The number of ether oxygens (including phenoxy) is 1. The van der Waals surface area contributed by atoms with Crippen LogP contribution in [0.1, 0.15) is 31.4 Å². The quantitative estimate of drug-likeness (QED) is 0.720. The molecule has 3 heterocycles. The highest BCUT2D eigenvalue weighted by atomic mass is 32.2. The molecule has 1 saturated heterocycles. The van der Waals surface area contributed by atoms with Gasteiger partial charge in [0.25, 0.3) is 0 Å². The molecule has 2 aliphatic heterocycles. The summed E-state index contributed by atoms with van der Waals surface area (Å²) >= 11 is 1.53. The average Bonchev–Trinajstić information content (AvgIpc) is 3.34. The first-order valence-corrected chi connectivity index (χ1v) is 10.9. The third kappa shape index (κ3) is 3.28. The van der Waals surface area contributed by atoms with Gasteiger partial charge in [0.2, 0.25) is 11.9 Å². The molecular formula is C20H25N5O2S. The maximum absolute atomic E-state index is 13.1. The number of benzene rings is 1. The van der Waals surface area contributed by atoms with E-state index in [9.17, 15) is 4.79 Å². The van der Waals surface area contributed by atoms with Crippen LogP contribution in [0.5, 0.6) is 0 Å². The molecule has 1 aromatic heterocycles. The van der Waals surface area contributed by atoms with Gasteiger partial charge in [-0.3, -0.25) is 9.36 Å². The first-order chi connectivity index (χ1) is 13.7. The van der Waals surface area contributed by atoms with Crippen molar-refractivity contribution in [2.75, 3.05) is 42.6 Å². The number of aromatic nitrogens is 3. The molecule has 1 aromatic carbocycles. The molecule has 2 aromatic rings. The van der Waals surface area contributed by atoms with E-state index in [0.717, 1.165) is 68.9 Å². The molecule has 0 spiro atoms. The van der Waals surface area contributed by atoms with Crippen molar-refractivity contribution in [2.24, 2.45) is 0 Å². The van der Waals surface area contributed by atoms with E-state index in [0.29, 0.717) is 6.04 Å². The van der Waals surface area contributed by atoms with Crippen molar-refractivity contribution in [1.82, 2.24) is 14.8 Å². The molecule has 1 aliphatic carbocycles. The number of carbonyl (C=O) groups excluding carboxylic acids is 1. The number of fused-ring (bicyclic) bond motifs is 1. The molecule has 1 saturated carbocycles. The van der Waals surface area contributed by atoms with E-state index in [-0.39, 0.29) is 11.2 Å². The second-order valence-electron chi connectivity index (χ2n) is 7.61. The lowest BCUT2D eigenvalue weighted by molar-refractivity contribution is -0.117. The van der Waals surface area contributed by atoms with E-state index < -0.39 is 0 Å². The molecule has 1 atom stereocenters. The van der Waals surface area contributed by atoms with Crippen molar-refractivity contribution in [3.8, 4) is 0 Å². The predicted molar refractivity (Wildman–Crippen MR) is 109 cm³/mol. The molecule has 28 heavy (non-hydrogen) atoms. The number of hydrogen-bond acceptors (Lipinski definition) is 6. The van der Waals surface area contributed by atoms with Crippen molar-refractivity contribution in [3.05, 3.63) is 29.8 Å². The van der Waals surface area contributed by atoms with Crippen LogP contribution in [0.25, 0.3) is 0 Å². The van der Waals surface area contributed by atoms with E-state index in [1.807, 2.05) is 30.0 Å². The summed E-state index contributed by atoms with van der Waals surface area (Å²) in [5, 5.41) is 9.61. The molecule has 1 amide bonds. The Kier molecular flexibility index (Phi) is 4.76.